The molecule has 0 unspecified atom stereocenters. The predicted octanol–water partition coefficient (Wildman–Crippen LogP) is 2.25. The van der Waals surface area contributed by atoms with E-state index in [4.69, 9.17) is 11.6 Å². The van der Waals surface area contributed by atoms with Gasteiger partial charge < -0.3 is 9.84 Å². The summed E-state index contributed by atoms with van der Waals surface area (Å²) in [7, 11) is 1.05. The standard InChI is InChI=1S/C9H8ClF2NO3/c1-16-9(15)7-6(8(11)12)4(2-10)5(14)3-13-7/h3,8,14H,2H2,1H3. The summed E-state index contributed by atoms with van der Waals surface area (Å²) in [6.45, 7) is 0. The average molecular weight is 252 g/mol. The van der Waals surface area contributed by atoms with Crippen LogP contribution in [0.15, 0.2) is 6.20 Å². The number of hydrogen-bond acceptors (Lipinski definition) is 4. The first kappa shape index (κ1) is 12.6. The van der Waals surface area contributed by atoms with E-state index in [1.165, 1.54) is 0 Å². The number of carbonyl (C=O) groups excluding carboxylic acids is 1. The Labute approximate surface area is 94.8 Å². The largest absolute Gasteiger partial charge is 0.506 e. The lowest BCUT2D eigenvalue weighted by Crippen LogP contribution is -2.11. The van der Waals surface area contributed by atoms with E-state index in [1.54, 1.807) is 0 Å². The molecule has 88 valence electrons. The number of carbonyl (C=O) groups is 1. The molecule has 0 fully saturated rings. The van der Waals surface area contributed by atoms with E-state index >= 15 is 0 Å². The van der Waals surface area contributed by atoms with E-state index in [9.17, 15) is 18.7 Å². The first-order valence-corrected chi connectivity index (χ1v) is 4.69. The number of esters is 1. The topological polar surface area (TPSA) is 59.4 Å². The fraction of sp³-hybridized carbons (Fsp3) is 0.333. The van der Waals surface area contributed by atoms with Gasteiger partial charge in [0.15, 0.2) is 5.69 Å². The molecule has 0 saturated carbocycles. The minimum atomic E-state index is -2.97. The predicted molar refractivity (Wildman–Crippen MR) is 51.8 cm³/mol. The number of nitrogens with zero attached hydrogens (tertiary/aromatic N) is 1. The van der Waals surface area contributed by atoms with Crippen molar-refractivity contribution >= 4 is 17.6 Å². The molecule has 0 aliphatic carbocycles. The van der Waals surface area contributed by atoms with Crippen molar-refractivity contribution in [1.29, 1.82) is 0 Å². The second-order valence-corrected chi connectivity index (χ2v) is 3.08. The molecule has 0 aromatic carbocycles. The van der Waals surface area contributed by atoms with Crippen LogP contribution in [0, 0.1) is 0 Å². The lowest BCUT2D eigenvalue weighted by atomic mass is 10.1. The molecular formula is C9H8ClF2NO3. The van der Waals surface area contributed by atoms with E-state index in [-0.39, 0.29) is 11.4 Å². The number of alkyl halides is 3. The van der Waals surface area contributed by atoms with Crippen molar-refractivity contribution in [2.45, 2.75) is 12.3 Å². The number of aromatic nitrogens is 1. The van der Waals surface area contributed by atoms with E-state index in [0.29, 0.717) is 0 Å². The minimum Gasteiger partial charge on any atom is -0.506 e. The Bertz CT molecular complexity index is 412. The van der Waals surface area contributed by atoms with Crippen molar-refractivity contribution in [3.63, 3.8) is 0 Å². The molecule has 0 aliphatic rings. The van der Waals surface area contributed by atoms with Gasteiger partial charge in [0.05, 0.1) is 24.8 Å². The Morgan fingerprint density at radius 2 is 2.31 bits per heavy atom. The maximum Gasteiger partial charge on any atom is 0.357 e. The third-order valence-corrected chi connectivity index (χ3v) is 2.20. The van der Waals surface area contributed by atoms with Crippen LogP contribution in [0.25, 0.3) is 0 Å². The van der Waals surface area contributed by atoms with Gasteiger partial charge in [-0.1, -0.05) is 0 Å². The Morgan fingerprint density at radius 3 is 2.75 bits per heavy atom. The molecule has 4 nitrogen and oxygen atoms in total. The molecule has 0 radical (unpaired) electrons. The van der Waals surface area contributed by atoms with Gasteiger partial charge in [-0.15, -0.1) is 11.6 Å². The zero-order valence-corrected chi connectivity index (χ0v) is 8.96. The highest BCUT2D eigenvalue weighted by Crippen LogP contribution is 2.32. The zero-order valence-electron chi connectivity index (χ0n) is 8.21. The number of hydrogen-bond donors (Lipinski definition) is 1. The quantitative estimate of drug-likeness (QED) is 0.661. The SMILES string of the molecule is COC(=O)c1ncc(O)c(CCl)c1C(F)F. The fourth-order valence-electron chi connectivity index (χ4n) is 1.19. The fourth-order valence-corrected chi connectivity index (χ4v) is 1.47. The smallest absolute Gasteiger partial charge is 0.357 e. The number of aromatic hydroxyl groups is 1. The van der Waals surface area contributed by atoms with E-state index in [1.807, 2.05) is 0 Å². The van der Waals surface area contributed by atoms with E-state index < -0.39 is 29.4 Å². The highest BCUT2D eigenvalue weighted by atomic mass is 35.5. The first-order valence-electron chi connectivity index (χ1n) is 4.16. The molecule has 0 atom stereocenters. The molecule has 16 heavy (non-hydrogen) atoms. The van der Waals surface area contributed by atoms with Gasteiger partial charge in [0, 0.05) is 5.56 Å². The molecule has 0 amide bonds. The summed E-state index contributed by atoms with van der Waals surface area (Å²) in [5, 5.41) is 9.29. The highest BCUT2D eigenvalue weighted by molar-refractivity contribution is 6.17. The Morgan fingerprint density at radius 1 is 1.69 bits per heavy atom. The Hall–Kier alpha value is -1.43. The monoisotopic (exact) mass is 251 g/mol. The first-order chi connectivity index (χ1) is 7.52. The lowest BCUT2D eigenvalue weighted by molar-refractivity contribution is 0.0581. The van der Waals surface area contributed by atoms with E-state index in [2.05, 4.69) is 9.72 Å². The number of ether oxygens (including phenoxy) is 1. The van der Waals surface area contributed by atoms with Crippen LogP contribution in [0.5, 0.6) is 5.75 Å². The Kier molecular flexibility index (Phi) is 4.00. The number of halogens is 3. The molecule has 7 heteroatoms. The highest BCUT2D eigenvalue weighted by Gasteiger charge is 2.26. The van der Waals surface area contributed by atoms with Gasteiger partial charge in [0.25, 0.3) is 6.43 Å². The van der Waals surface area contributed by atoms with Gasteiger partial charge in [0.1, 0.15) is 5.75 Å². The molecule has 1 aromatic heterocycles. The third-order valence-electron chi connectivity index (χ3n) is 1.94. The molecule has 1 N–H and O–H groups in total. The summed E-state index contributed by atoms with van der Waals surface area (Å²) < 4.78 is 29.8. The number of rotatable bonds is 3. The second kappa shape index (κ2) is 5.07. The van der Waals surface area contributed by atoms with Gasteiger partial charge in [0.2, 0.25) is 0 Å². The van der Waals surface area contributed by atoms with Gasteiger partial charge in [-0.3, -0.25) is 0 Å². The van der Waals surface area contributed by atoms with Gasteiger partial charge >= 0.3 is 5.97 Å². The van der Waals surface area contributed by atoms with Crippen LogP contribution in [-0.4, -0.2) is 23.2 Å². The van der Waals surface area contributed by atoms with Crippen molar-refractivity contribution in [3.05, 3.63) is 23.0 Å². The summed E-state index contributed by atoms with van der Waals surface area (Å²) in [6.07, 6.45) is -2.09. The van der Waals surface area contributed by atoms with Crippen LogP contribution < -0.4 is 0 Å². The van der Waals surface area contributed by atoms with Crippen LogP contribution in [0.3, 0.4) is 0 Å². The summed E-state index contributed by atoms with van der Waals surface area (Å²) in [6, 6.07) is 0. The van der Waals surface area contributed by atoms with Crippen molar-refractivity contribution in [2.24, 2.45) is 0 Å². The van der Waals surface area contributed by atoms with Crippen LogP contribution in [0.4, 0.5) is 8.78 Å². The van der Waals surface area contributed by atoms with Crippen LogP contribution >= 0.6 is 11.6 Å². The van der Waals surface area contributed by atoms with Crippen molar-refractivity contribution in [2.75, 3.05) is 7.11 Å². The molecule has 0 saturated heterocycles. The van der Waals surface area contributed by atoms with Crippen LogP contribution in [0.2, 0.25) is 0 Å². The molecule has 1 aromatic rings. The second-order valence-electron chi connectivity index (χ2n) is 2.81. The number of pyridine rings is 1. The minimum absolute atomic E-state index is 0.216. The molecular weight excluding hydrogens is 244 g/mol. The summed E-state index contributed by atoms with van der Waals surface area (Å²) >= 11 is 5.43. The lowest BCUT2D eigenvalue weighted by Gasteiger charge is -2.11. The molecule has 1 heterocycles. The van der Waals surface area contributed by atoms with Crippen molar-refractivity contribution in [1.82, 2.24) is 4.98 Å². The molecule has 1 rings (SSSR count). The summed E-state index contributed by atoms with van der Waals surface area (Å²) in [5.74, 6) is -1.82. The number of methoxy groups -OCH3 is 1. The normalized spacial score (nSPS) is 10.6. The molecule has 0 aliphatic heterocycles. The third kappa shape index (κ3) is 2.21. The molecule has 0 bridgehead atoms. The maximum atomic E-state index is 12.7. The summed E-state index contributed by atoms with van der Waals surface area (Å²) in [5.41, 5.74) is -1.44. The van der Waals surface area contributed by atoms with E-state index in [0.717, 1.165) is 13.3 Å². The zero-order chi connectivity index (χ0) is 12.3. The van der Waals surface area contributed by atoms with Crippen molar-refractivity contribution < 1.29 is 23.4 Å². The average Bonchev–Trinajstić information content (AvgIpc) is 2.27. The van der Waals surface area contributed by atoms with Gasteiger partial charge in [-0.05, 0) is 0 Å². The maximum absolute atomic E-state index is 12.7. The van der Waals surface area contributed by atoms with Crippen LogP contribution in [-0.2, 0) is 10.6 Å². The van der Waals surface area contributed by atoms with Gasteiger partial charge in [-0.2, -0.15) is 0 Å². The van der Waals surface area contributed by atoms with Crippen molar-refractivity contribution in [3.8, 4) is 5.75 Å². The Balaban J connectivity index is 3.45. The van der Waals surface area contributed by atoms with Crippen LogP contribution in [0.1, 0.15) is 28.0 Å². The van der Waals surface area contributed by atoms with Gasteiger partial charge in [-0.25, -0.2) is 18.6 Å². The molecule has 0 spiro atoms. The summed E-state index contributed by atoms with van der Waals surface area (Å²) in [4.78, 5) is 14.6.